The van der Waals surface area contributed by atoms with Crippen LogP contribution in [0.25, 0.3) is 11.5 Å². The molecule has 2 aromatic rings. The molecular formula is C11H11BrClN3O. The van der Waals surface area contributed by atoms with E-state index in [1.165, 1.54) is 0 Å². The Morgan fingerprint density at radius 1 is 1.47 bits per heavy atom. The van der Waals surface area contributed by atoms with E-state index in [1.807, 2.05) is 13.0 Å². The minimum Gasteiger partial charge on any atom is -0.419 e. The fraction of sp³-hybridized carbons (Fsp3) is 0.273. The highest BCUT2D eigenvalue weighted by Crippen LogP contribution is 2.30. The molecule has 0 bridgehead atoms. The van der Waals surface area contributed by atoms with E-state index in [2.05, 4.69) is 26.1 Å². The molecule has 0 aliphatic heterocycles. The number of hydrogen-bond acceptors (Lipinski definition) is 4. The summed E-state index contributed by atoms with van der Waals surface area (Å²) in [6.07, 6.45) is 0.748. The maximum absolute atomic E-state index is 5.93. The van der Waals surface area contributed by atoms with Crippen molar-refractivity contribution in [2.24, 2.45) is 5.73 Å². The Labute approximate surface area is 112 Å². The van der Waals surface area contributed by atoms with Gasteiger partial charge in [-0.3, -0.25) is 0 Å². The molecule has 0 radical (unpaired) electrons. The van der Waals surface area contributed by atoms with Crippen molar-refractivity contribution in [3.63, 3.8) is 0 Å². The number of aromatic nitrogens is 2. The Balaban J connectivity index is 2.40. The highest BCUT2D eigenvalue weighted by molar-refractivity contribution is 9.10. The number of halogens is 2. The molecule has 90 valence electrons. The zero-order valence-corrected chi connectivity index (χ0v) is 11.5. The van der Waals surface area contributed by atoms with Gasteiger partial charge in [0, 0.05) is 9.50 Å². The Bertz CT molecular complexity index is 529. The minimum absolute atomic E-state index is 0.228. The van der Waals surface area contributed by atoms with Crippen molar-refractivity contribution in [2.45, 2.75) is 19.4 Å². The SMILES string of the molecule is CCC(N)c1nnc(-c2cc(Cl)ccc2Br)o1. The van der Waals surface area contributed by atoms with Crippen molar-refractivity contribution < 1.29 is 4.42 Å². The maximum Gasteiger partial charge on any atom is 0.249 e. The molecule has 0 spiro atoms. The number of hydrogen-bond donors (Lipinski definition) is 1. The average Bonchev–Trinajstić information content (AvgIpc) is 2.80. The van der Waals surface area contributed by atoms with Crippen LogP contribution in [0.1, 0.15) is 25.3 Å². The lowest BCUT2D eigenvalue weighted by atomic mass is 10.2. The van der Waals surface area contributed by atoms with E-state index in [4.69, 9.17) is 21.8 Å². The van der Waals surface area contributed by atoms with E-state index in [9.17, 15) is 0 Å². The van der Waals surface area contributed by atoms with Crippen LogP contribution >= 0.6 is 27.5 Å². The molecule has 0 saturated heterocycles. The van der Waals surface area contributed by atoms with Gasteiger partial charge in [0.1, 0.15) is 0 Å². The summed E-state index contributed by atoms with van der Waals surface area (Å²) in [5, 5.41) is 8.51. The van der Waals surface area contributed by atoms with Crippen molar-refractivity contribution in [1.29, 1.82) is 0 Å². The van der Waals surface area contributed by atoms with Crippen molar-refractivity contribution in [3.8, 4) is 11.5 Å². The summed E-state index contributed by atoms with van der Waals surface area (Å²) < 4.78 is 6.37. The molecule has 2 N–H and O–H groups in total. The van der Waals surface area contributed by atoms with Gasteiger partial charge in [-0.2, -0.15) is 0 Å². The summed E-state index contributed by atoms with van der Waals surface area (Å²) in [4.78, 5) is 0. The lowest BCUT2D eigenvalue weighted by Crippen LogP contribution is -2.08. The first kappa shape index (κ1) is 12.5. The molecule has 1 aromatic carbocycles. The van der Waals surface area contributed by atoms with E-state index in [1.54, 1.807) is 12.1 Å². The number of rotatable bonds is 3. The summed E-state index contributed by atoms with van der Waals surface area (Å²) in [7, 11) is 0. The van der Waals surface area contributed by atoms with Gasteiger partial charge in [0.2, 0.25) is 11.8 Å². The van der Waals surface area contributed by atoms with Crippen LogP contribution < -0.4 is 5.73 Å². The number of nitrogens with zero attached hydrogens (tertiary/aromatic N) is 2. The first-order chi connectivity index (χ1) is 8.11. The van der Waals surface area contributed by atoms with Crippen LogP contribution in [0.5, 0.6) is 0 Å². The van der Waals surface area contributed by atoms with Gasteiger partial charge in [0.15, 0.2) is 0 Å². The third-order valence-electron chi connectivity index (χ3n) is 2.36. The minimum atomic E-state index is -0.228. The topological polar surface area (TPSA) is 64.9 Å². The summed E-state index contributed by atoms with van der Waals surface area (Å²) in [6, 6.07) is 5.15. The molecule has 2 rings (SSSR count). The highest BCUT2D eigenvalue weighted by atomic mass is 79.9. The van der Waals surface area contributed by atoms with Crippen molar-refractivity contribution in [2.75, 3.05) is 0 Å². The van der Waals surface area contributed by atoms with Crippen LogP contribution in [0, 0.1) is 0 Å². The van der Waals surface area contributed by atoms with Crippen LogP contribution in [-0.2, 0) is 0 Å². The Morgan fingerprint density at radius 3 is 2.94 bits per heavy atom. The Morgan fingerprint density at radius 2 is 2.24 bits per heavy atom. The molecule has 0 amide bonds. The number of benzene rings is 1. The molecule has 1 heterocycles. The zero-order valence-electron chi connectivity index (χ0n) is 9.15. The first-order valence-corrected chi connectivity index (χ1v) is 6.33. The van der Waals surface area contributed by atoms with E-state index < -0.39 is 0 Å². The molecule has 1 atom stereocenters. The van der Waals surface area contributed by atoms with E-state index in [-0.39, 0.29) is 6.04 Å². The molecule has 17 heavy (non-hydrogen) atoms. The Kier molecular flexibility index (Phi) is 3.81. The third kappa shape index (κ3) is 2.68. The van der Waals surface area contributed by atoms with Crippen LogP contribution in [0.4, 0.5) is 0 Å². The molecule has 1 unspecified atom stereocenters. The summed E-state index contributed by atoms with van der Waals surface area (Å²) in [5.74, 6) is 0.854. The molecule has 1 aromatic heterocycles. The molecule has 4 nitrogen and oxygen atoms in total. The summed E-state index contributed by atoms with van der Waals surface area (Å²) >= 11 is 9.34. The van der Waals surface area contributed by atoms with Crippen molar-refractivity contribution in [1.82, 2.24) is 10.2 Å². The molecular weight excluding hydrogens is 305 g/mol. The standard InChI is InChI=1S/C11H11BrClN3O/c1-2-9(14)11-16-15-10(17-11)7-5-6(13)3-4-8(7)12/h3-5,9H,2,14H2,1H3. The fourth-order valence-electron chi connectivity index (χ4n) is 1.33. The fourth-order valence-corrected chi connectivity index (χ4v) is 1.92. The second-order valence-electron chi connectivity index (χ2n) is 3.58. The highest BCUT2D eigenvalue weighted by Gasteiger charge is 2.15. The van der Waals surface area contributed by atoms with Crippen LogP contribution in [0.2, 0.25) is 5.02 Å². The van der Waals surface area contributed by atoms with Gasteiger partial charge in [-0.05, 0) is 40.5 Å². The van der Waals surface area contributed by atoms with Gasteiger partial charge in [0.05, 0.1) is 11.6 Å². The van der Waals surface area contributed by atoms with Crippen LogP contribution in [-0.4, -0.2) is 10.2 Å². The third-order valence-corrected chi connectivity index (χ3v) is 3.28. The van der Waals surface area contributed by atoms with Crippen LogP contribution in [0.15, 0.2) is 27.1 Å². The first-order valence-electron chi connectivity index (χ1n) is 5.16. The lowest BCUT2D eigenvalue weighted by Gasteiger charge is -2.01. The molecule has 0 aliphatic rings. The van der Waals surface area contributed by atoms with E-state index in [0.29, 0.717) is 16.8 Å². The van der Waals surface area contributed by atoms with Crippen molar-refractivity contribution in [3.05, 3.63) is 33.6 Å². The van der Waals surface area contributed by atoms with Gasteiger partial charge < -0.3 is 10.2 Å². The quantitative estimate of drug-likeness (QED) is 0.940. The van der Waals surface area contributed by atoms with Gasteiger partial charge in [-0.1, -0.05) is 18.5 Å². The average molecular weight is 317 g/mol. The number of nitrogens with two attached hydrogens (primary N) is 1. The summed E-state index contributed by atoms with van der Waals surface area (Å²) in [6.45, 7) is 1.96. The summed E-state index contributed by atoms with van der Waals surface area (Å²) in [5.41, 5.74) is 6.58. The van der Waals surface area contributed by atoms with Crippen molar-refractivity contribution >= 4 is 27.5 Å². The second kappa shape index (κ2) is 5.16. The molecule has 6 heteroatoms. The predicted octanol–water partition coefficient (Wildman–Crippen LogP) is 3.56. The van der Waals surface area contributed by atoms with E-state index in [0.717, 1.165) is 16.5 Å². The normalized spacial score (nSPS) is 12.7. The van der Waals surface area contributed by atoms with Gasteiger partial charge in [-0.25, -0.2) is 0 Å². The van der Waals surface area contributed by atoms with Gasteiger partial charge in [0.25, 0.3) is 0 Å². The molecule has 0 aliphatic carbocycles. The second-order valence-corrected chi connectivity index (χ2v) is 4.88. The van der Waals surface area contributed by atoms with E-state index >= 15 is 0 Å². The van der Waals surface area contributed by atoms with Gasteiger partial charge >= 0.3 is 0 Å². The molecule has 0 saturated carbocycles. The van der Waals surface area contributed by atoms with Crippen LogP contribution in [0.3, 0.4) is 0 Å². The maximum atomic E-state index is 5.93. The smallest absolute Gasteiger partial charge is 0.249 e. The van der Waals surface area contributed by atoms with Gasteiger partial charge in [-0.15, -0.1) is 10.2 Å². The largest absolute Gasteiger partial charge is 0.419 e. The zero-order chi connectivity index (χ0) is 12.4. The predicted molar refractivity (Wildman–Crippen MR) is 69.7 cm³/mol. The monoisotopic (exact) mass is 315 g/mol. The Hall–Kier alpha value is -0.910. The molecule has 0 fully saturated rings. The lowest BCUT2D eigenvalue weighted by molar-refractivity contribution is 0.452.